The molecule has 0 aromatic heterocycles. The first-order chi connectivity index (χ1) is 12.2. The molecule has 1 amide bonds. The molecular formula is C20H30N2O3. The lowest BCUT2D eigenvalue weighted by Gasteiger charge is -2.27. The number of nitrogens with zero attached hydrogens (tertiary/aromatic N) is 1. The van der Waals surface area contributed by atoms with Crippen molar-refractivity contribution in [3.63, 3.8) is 0 Å². The number of rotatable bonds is 7. The molecule has 5 heteroatoms. The van der Waals surface area contributed by atoms with Gasteiger partial charge in [0.25, 0.3) is 0 Å². The topological polar surface area (TPSA) is 50.8 Å². The number of hydrogen-bond acceptors (Lipinski definition) is 4. The number of hydrogen-bond donors (Lipinski definition) is 1. The summed E-state index contributed by atoms with van der Waals surface area (Å²) >= 11 is 0. The number of amides is 1. The summed E-state index contributed by atoms with van der Waals surface area (Å²) in [5, 5.41) is 3.64. The van der Waals surface area contributed by atoms with E-state index in [2.05, 4.69) is 5.32 Å². The standard InChI is InChI=1S/C20H30N2O3/c1-24-18-10-9-15(14-19(18)25-2)13-17(21-16-7-3-4-8-16)20(23)22-11-5-6-12-22/h9-10,14,16-17,21H,3-8,11-13H2,1-2H3/t17-/m0/s1. The zero-order valence-corrected chi connectivity index (χ0v) is 15.4. The summed E-state index contributed by atoms with van der Waals surface area (Å²) in [6.45, 7) is 1.79. The van der Waals surface area contributed by atoms with Crippen molar-refractivity contribution in [1.82, 2.24) is 10.2 Å². The highest BCUT2D eigenvalue weighted by molar-refractivity contribution is 5.82. The molecule has 1 aliphatic heterocycles. The average molecular weight is 346 g/mol. The Balaban J connectivity index is 1.74. The fourth-order valence-corrected chi connectivity index (χ4v) is 4.00. The molecule has 1 aromatic carbocycles. The highest BCUT2D eigenvalue weighted by Crippen LogP contribution is 2.28. The summed E-state index contributed by atoms with van der Waals surface area (Å²) in [4.78, 5) is 15.0. The number of methoxy groups -OCH3 is 2. The molecule has 0 bridgehead atoms. The van der Waals surface area contributed by atoms with Crippen LogP contribution in [0, 0.1) is 0 Å². The summed E-state index contributed by atoms with van der Waals surface area (Å²) in [6.07, 6.45) is 7.81. The van der Waals surface area contributed by atoms with Crippen LogP contribution in [-0.4, -0.2) is 50.2 Å². The van der Waals surface area contributed by atoms with Crippen molar-refractivity contribution in [1.29, 1.82) is 0 Å². The molecule has 1 aliphatic carbocycles. The molecular weight excluding hydrogens is 316 g/mol. The fourth-order valence-electron chi connectivity index (χ4n) is 4.00. The van der Waals surface area contributed by atoms with Gasteiger partial charge in [-0.25, -0.2) is 0 Å². The smallest absolute Gasteiger partial charge is 0.240 e. The summed E-state index contributed by atoms with van der Waals surface area (Å²) in [5.74, 6) is 1.69. The van der Waals surface area contributed by atoms with Crippen molar-refractivity contribution < 1.29 is 14.3 Å². The fraction of sp³-hybridized carbons (Fsp3) is 0.650. The van der Waals surface area contributed by atoms with E-state index in [4.69, 9.17) is 9.47 Å². The number of nitrogens with one attached hydrogen (secondary N) is 1. The van der Waals surface area contributed by atoms with Crippen molar-refractivity contribution in [2.24, 2.45) is 0 Å². The van der Waals surface area contributed by atoms with Crippen LogP contribution in [0.4, 0.5) is 0 Å². The number of benzene rings is 1. The third-order valence-corrected chi connectivity index (χ3v) is 5.40. The molecule has 138 valence electrons. The van der Waals surface area contributed by atoms with Crippen molar-refractivity contribution in [2.75, 3.05) is 27.3 Å². The van der Waals surface area contributed by atoms with E-state index >= 15 is 0 Å². The third-order valence-electron chi connectivity index (χ3n) is 5.40. The second kappa shape index (κ2) is 8.56. The van der Waals surface area contributed by atoms with Gasteiger partial charge in [0.1, 0.15) is 0 Å². The summed E-state index contributed by atoms with van der Waals surface area (Å²) < 4.78 is 10.7. The van der Waals surface area contributed by atoms with E-state index in [-0.39, 0.29) is 11.9 Å². The minimum atomic E-state index is -0.153. The molecule has 25 heavy (non-hydrogen) atoms. The maximum atomic E-state index is 13.0. The molecule has 1 atom stereocenters. The van der Waals surface area contributed by atoms with Crippen molar-refractivity contribution in [3.05, 3.63) is 23.8 Å². The number of likely N-dealkylation sites (tertiary alicyclic amines) is 1. The maximum absolute atomic E-state index is 13.0. The zero-order valence-electron chi connectivity index (χ0n) is 15.4. The Morgan fingerprint density at radius 3 is 2.44 bits per heavy atom. The molecule has 3 rings (SSSR count). The first-order valence-electron chi connectivity index (χ1n) is 9.47. The molecule has 5 nitrogen and oxygen atoms in total. The third kappa shape index (κ3) is 4.46. The molecule has 2 aliphatic rings. The Kier molecular flexibility index (Phi) is 6.19. The molecule has 1 heterocycles. The van der Waals surface area contributed by atoms with E-state index in [9.17, 15) is 4.79 Å². The van der Waals surface area contributed by atoms with Crippen LogP contribution >= 0.6 is 0 Å². The van der Waals surface area contributed by atoms with Crippen molar-refractivity contribution >= 4 is 5.91 Å². The zero-order chi connectivity index (χ0) is 17.6. The first-order valence-corrected chi connectivity index (χ1v) is 9.47. The summed E-state index contributed by atoms with van der Waals surface area (Å²) in [5.41, 5.74) is 1.10. The van der Waals surface area contributed by atoms with E-state index in [1.54, 1.807) is 14.2 Å². The number of ether oxygens (including phenoxy) is 2. The van der Waals surface area contributed by atoms with Gasteiger partial charge in [-0.3, -0.25) is 4.79 Å². The van der Waals surface area contributed by atoms with Crippen LogP contribution in [0.25, 0.3) is 0 Å². The predicted molar refractivity (Wildman–Crippen MR) is 98.2 cm³/mol. The van der Waals surface area contributed by atoms with Gasteiger partial charge in [0.2, 0.25) is 5.91 Å². The molecule has 2 fully saturated rings. The van der Waals surface area contributed by atoms with Crippen LogP contribution in [-0.2, 0) is 11.2 Å². The van der Waals surface area contributed by atoms with Crippen LogP contribution < -0.4 is 14.8 Å². The van der Waals surface area contributed by atoms with Gasteiger partial charge in [-0.15, -0.1) is 0 Å². The van der Waals surface area contributed by atoms with E-state index in [0.29, 0.717) is 18.2 Å². The molecule has 1 saturated heterocycles. The second-order valence-corrected chi connectivity index (χ2v) is 7.13. The molecule has 0 radical (unpaired) electrons. The van der Waals surface area contributed by atoms with Gasteiger partial charge < -0.3 is 19.7 Å². The van der Waals surface area contributed by atoms with Crippen LogP contribution in [0.15, 0.2) is 18.2 Å². The van der Waals surface area contributed by atoms with E-state index in [0.717, 1.165) is 37.2 Å². The quantitative estimate of drug-likeness (QED) is 0.825. The Morgan fingerprint density at radius 1 is 1.12 bits per heavy atom. The van der Waals surface area contributed by atoms with Gasteiger partial charge in [0.05, 0.1) is 20.3 Å². The normalized spacial score (nSPS) is 19.2. The first kappa shape index (κ1) is 18.1. The molecule has 0 unspecified atom stereocenters. The molecule has 0 spiro atoms. The lowest BCUT2D eigenvalue weighted by molar-refractivity contribution is -0.132. The van der Waals surface area contributed by atoms with E-state index in [1.807, 2.05) is 23.1 Å². The maximum Gasteiger partial charge on any atom is 0.240 e. The largest absolute Gasteiger partial charge is 0.493 e. The van der Waals surface area contributed by atoms with Crippen LogP contribution in [0.2, 0.25) is 0 Å². The highest BCUT2D eigenvalue weighted by atomic mass is 16.5. The number of carbonyl (C=O) groups is 1. The Morgan fingerprint density at radius 2 is 1.80 bits per heavy atom. The SMILES string of the molecule is COc1ccc(C[C@H](NC2CCCC2)C(=O)N2CCCC2)cc1OC. The number of carbonyl (C=O) groups excluding carboxylic acids is 1. The highest BCUT2D eigenvalue weighted by Gasteiger charge is 2.29. The van der Waals surface area contributed by atoms with E-state index < -0.39 is 0 Å². The molecule has 1 aromatic rings. The van der Waals surface area contributed by atoms with Gasteiger partial charge in [-0.1, -0.05) is 18.9 Å². The molecule has 1 N–H and O–H groups in total. The van der Waals surface area contributed by atoms with Gasteiger partial charge in [0, 0.05) is 19.1 Å². The van der Waals surface area contributed by atoms with Gasteiger partial charge >= 0.3 is 0 Å². The summed E-state index contributed by atoms with van der Waals surface area (Å²) in [6, 6.07) is 6.25. The van der Waals surface area contributed by atoms with Crippen molar-refractivity contribution in [3.8, 4) is 11.5 Å². The van der Waals surface area contributed by atoms with Crippen molar-refractivity contribution in [2.45, 2.75) is 57.0 Å². The van der Waals surface area contributed by atoms with Crippen LogP contribution in [0.5, 0.6) is 11.5 Å². The van der Waals surface area contributed by atoms with Crippen LogP contribution in [0.1, 0.15) is 44.1 Å². The van der Waals surface area contributed by atoms with Gasteiger partial charge in [-0.2, -0.15) is 0 Å². The van der Waals surface area contributed by atoms with Gasteiger partial charge in [-0.05, 0) is 49.8 Å². The Labute approximate surface area is 150 Å². The van der Waals surface area contributed by atoms with E-state index in [1.165, 1.54) is 25.7 Å². The molecule has 1 saturated carbocycles. The Hall–Kier alpha value is -1.75. The lowest BCUT2D eigenvalue weighted by Crippen LogP contribution is -2.49. The Bertz CT molecular complexity index is 578. The minimum absolute atomic E-state index is 0.153. The monoisotopic (exact) mass is 346 g/mol. The average Bonchev–Trinajstić information content (AvgIpc) is 3.34. The predicted octanol–water partition coefficient (Wildman–Crippen LogP) is 2.77. The lowest BCUT2D eigenvalue weighted by atomic mass is 10.0. The summed E-state index contributed by atoms with van der Waals surface area (Å²) in [7, 11) is 3.28. The second-order valence-electron chi connectivity index (χ2n) is 7.13. The minimum Gasteiger partial charge on any atom is -0.493 e. The van der Waals surface area contributed by atoms with Crippen LogP contribution in [0.3, 0.4) is 0 Å². The van der Waals surface area contributed by atoms with Gasteiger partial charge in [0.15, 0.2) is 11.5 Å².